The number of aromatic nitrogens is 1. The highest BCUT2D eigenvalue weighted by Crippen LogP contribution is 2.30. The summed E-state index contributed by atoms with van der Waals surface area (Å²) in [7, 11) is -3.84. The number of sulfonamides is 1. The number of carboxylic acid groups (broad SMARTS) is 1. The summed E-state index contributed by atoms with van der Waals surface area (Å²) < 4.78 is 30.4. The predicted octanol–water partition coefficient (Wildman–Crippen LogP) is 2.67. The lowest BCUT2D eigenvalue weighted by molar-refractivity contribution is 0.0697. The molecule has 0 radical (unpaired) electrons. The molecule has 0 amide bonds. The van der Waals surface area contributed by atoms with Crippen LogP contribution in [0.15, 0.2) is 16.3 Å². The fourth-order valence-electron chi connectivity index (χ4n) is 1.31. The molecule has 2 aromatic heterocycles. The highest BCUT2D eigenvalue weighted by molar-refractivity contribution is 7.95. The summed E-state index contributed by atoms with van der Waals surface area (Å²) in [5.74, 6) is -1.23. The van der Waals surface area contributed by atoms with Crippen LogP contribution in [-0.2, 0) is 10.0 Å². The van der Waals surface area contributed by atoms with Crippen LogP contribution in [0, 0.1) is 6.92 Å². The van der Waals surface area contributed by atoms with Gasteiger partial charge >= 0.3 is 5.97 Å². The number of nitrogens with zero attached hydrogens (tertiary/aromatic N) is 1. The fraction of sp³-hybridized carbons (Fsp3) is 0.111. The van der Waals surface area contributed by atoms with Gasteiger partial charge in [-0.05, 0) is 30.6 Å². The van der Waals surface area contributed by atoms with Crippen molar-refractivity contribution in [2.24, 2.45) is 0 Å². The van der Waals surface area contributed by atoms with E-state index in [-0.39, 0.29) is 20.5 Å². The molecule has 0 aliphatic heterocycles. The zero-order chi connectivity index (χ0) is 14.2. The third-order valence-electron chi connectivity index (χ3n) is 2.12. The molecular formula is C9H7ClN2O4S3. The van der Waals surface area contributed by atoms with Gasteiger partial charge in [0.15, 0.2) is 0 Å². The quantitative estimate of drug-likeness (QED) is 0.893. The van der Waals surface area contributed by atoms with Gasteiger partial charge in [0.05, 0.1) is 10.0 Å². The van der Waals surface area contributed by atoms with Crippen molar-refractivity contribution in [3.8, 4) is 0 Å². The number of anilines is 1. The molecule has 102 valence electrons. The average molecular weight is 339 g/mol. The monoisotopic (exact) mass is 338 g/mol. The third kappa shape index (κ3) is 2.89. The van der Waals surface area contributed by atoms with Crippen LogP contribution in [0.3, 0.4) is 0 Å². The lowest BCUT2D eigenvalue weighted by atomic mass is 10.2. The second-order valence-electron chi connectivity index (χ2n) is 3.44. The van der Waals surface area contributed by atoms with Crippen LogP contribution in [-0.4, -0.2) is 23.9 Å². The Morgan fingerprint density at radius 2 is 2.16 bits per heavy atom. The van der Waals surface area contributed by atoms with Crippen LogP contribution in [0.4, 0.5) is 5.00 Å². The van der Waals surface area contributed by atoms with Gasteiger partial charge in [0, 0.05) is 0 Å². The number of nitrogens with one attached hydrogen (secondary N) is 1. The Morgan fingerprint density at radius 3 is 2.68 bits per heavy atom. The van der Waals surface area contributed by atoms with Crippen LogP contribution < -0.4 is 4.72 Å². The zero-order valence-electron chi connectivity index (χ0n) is 9.38. The summed E-state index contributed by atoms with van der Waals surface area (Å²) in [6.45, 7) is 1.50. The standard InChI is InChI=1S/C9H7ClN2O4S3/c1-4-7(9(13)14)8(18-11-4)12-19(15,16)6-3-2-5(10)17-6/h2-3,12H,1H3,(H,13,14). The zero-order valence-corrected chi connectivity index (χ0v) is 12.6. The first-order chi connectivity index (χ1) is 8.81. The number of thiophene rings is 1. The van der Waals surface area contributed by atoms with Gasteiger partial charge in [0.25, 0.3) is 10.0 Å². The molecule has 2 aromatic rings. The van der Waals surface area contributed by atoms with Gasteiger partial charge in [0.1, 0.15) is 14.8 Å². The number of rotatable bonds is 4. The molecule has 2 rings (SSSR count). The molecule has 0 saturated heterocycles. The first kappa shape index (κ1) is 14.3. The van der Waals surface area contributed by atoms with Gasteiger partial charge in [-0.1, -0.05) is 11.6 Å². The number of hydrogen-bond acceptors (Lipinski definition) is 6. The lowest BCUT2D eigenvalue weighted by Crippen LogP contribution is -2.13. The van der Waals surface area contributed by atoms with Gasteiger partial charge in [-0.3, -0.25) is 4.72 Å². The lowest BCUT2D eigenvalue weighted by Gasteiger charge is -2.04. The molecular weight excluding hydrogens is 332 g/mol. The maximum atomic E-state index is 12.0. The van der Waals surface area contributed by atoms with E-state index in [1.165, 1.54) is 19.1 Å². The second-order valence-corrected chi connectivity index (χ2v) is 7.84. The minimum atomic E-state index is -3.84. The predicted molar refractivity (Wildman–Crippen MR) is 73.9 cm³/mol. The van der Waals surface area contributed by atoms with Crippen LogP contribution >= 0.6 is 34.5 Å². The molecule has 0 atom stereocenters. The van der Waals surface area contributed by atoms with Crippen molar-refractivity contribution in [3.63, 3.8) is 0 Å². The third-order valence-corrected chi connectivity index (χ3v) is 6.17. The van der Waals surface area contributed by atoms with Crippen molar-refractivity contribution in [2.75, 3.05) is 4.72 Å². The summed E-state index contributed by atoms with van der Waals surface area (Å²) in [6.07, 6.45) is 0. The Labute approximate surface area is 121 Å². The molecule has 0 spiro atoms. The number of carboxylic acids is 1. The number of aromatic carboxylic acids is 1. The molecule has 0 fully saturated rings. The molecule has 0 unspecified atom stereocenters. The molecule has 10 heteroatoms. The minimum absolute atomic E-state index is 0.0138. The molecule has 0 bridgehead atoms. The second kappa shape index (κ2) is 5.08. The van der Waals surface area contributed by atoms with E-state index in [0.717, 1.165) is 22.9 Å². The van der Waals surface area contributed by atoms with Crippen LogP contribution in [0.1, 0.15) is 16.1 Å². The molecule has 0 aliphatic carbocycles. The molecule has 0 aliphatic rings. The Balaban J connectivity index is 2.39. The number of hydrogen-bond donors (Lipinski definition) is 2. The van der Waals surface area contributed by atoms with Crippen LogP contribution in [0.2, 0.25) is 4.34 Å². The largest absolute Gasteiger partial charge is 0.478 e. The summed E-state index contributed by atoms with van der Waals surface area (Å²) in [6, 6.07) is 2.81. The summed E-state index contributed by atoms with van der Waals surface area (Å²) >= 11 is 7.35. The summed E-state index contributed by atoms with van der Waals surface area (Å²) in [5.41, 5.74) is 0.121. The van der Waals surface area contributed by atoms with E-state index >= 15 is 0 Å². The molecule has 6 nitrogen and oxygen atoms in total. The Bertz CT molecular complexity index is 734. The van der Waals surface area contributed by atoms with Gasteiger partial charge < -0.3 is 5.11 Å². The van der Waals surface area contributed by atoms with Gasteiger partial charge in [-0.15, -0.1) is 11.3 Å². The molecule has 2 heterocycles. The van der Waals surface area contributed by atoms with Crippen molar-refractivity contribution < 1.29 is 18.3 Å². The van der Waals surface area contributed by atoms with Crippen molar-refractivity contribution in [3.05, 3.63) is 27.7 Å². The number of carbonyl (C=O) groups is 1. The molecule has 0 aromatic carbocycles. The smallest absolute Gasteiger partial charge is 0.340 e. The van der Waals surface area contributed by atoms with Crippen LogP contribution in [0.5, 0.6) is 0 Å². The summed E-state index contributed by atoms with van der Waals surface area (Å²) in [4.78, 5) is 11.0. The maximum absolute atomic E-state index is 12.0. The topological polar surface area (TPSA) is 96.4 Å². The van der Waals surface area contributed by atoms with E-state index < -0.39 is 16.0 Å². The van der Waals surface area contributed by atoms with Crippen molar-refractivity contribution in [1.82, 2.24) is 4.37 Å². The van der Waals surface area contributed by atoms with E-state index in [1.807, 2.05) is 0 Å². The Hall–Kier alpha value is -1.16. The van der Waals surface area contributed by atoms with Crippen molar-refractivity contribution in [2.45, 2.75) is 11.1 Å². The van der Waals surface area contributed by atoms with Gasteiger partial charge in [-0.25, -0.2) is 13.2 Å². The van der Waals surface area contributed by atoms with Gasteiger partial charge in [0.2, 0.25) is 0 Å². The molecule has 0 saturated carbocycles. The van der Waals surface area contributed by atoms with E-state index in [2.05, 4.69) is 9.10 Å². The number of aryl methyl sites for hydroxylation is 1. The van der Waals surface area contributed by atoms with E-state index in [0.29, 0.717) is 4.34 Å². The van der Waals surface area contributed by atoms with Crippen molar-refractivity contribution >= 4 is 55.5 Å². The maximum Gasteiger partial charge on any atom is 0.340 e. The van der Waals surface area contributed by atoms with E-state index in [1.54, 1.807) is 0 Å². The minimum Gasteiger partial charge on any atom is -0.478 e. The molecule has 19 heavy (non-hydrogen) atoms. The Kier molecular flexibility index (Phi) is 3.81. The fourth-order valence-corrected chi connectivity index (χ4v) is 4.87. The van der Waals surface area contributed by atoms with E-state index in [4.69, 9.17) is 16.7 Å². The average Bonchev–Trinajstić information content (AvgIpc) is 2.85. The normalized spacial score (nSPS) is 11.5. The first-order valence-corrected chi connectivity index (χ1v) is 8.24. The van der Waals surface area contributed by atoms with Crippen molar-refractivity contribution in [1.29, 1.82) is 0 Å². The first-order valence-electron chi connectivity index (χ1n) is 4.79. The molecule has 2 N–H and O–H groups in total. The SMILES string of the molecule is Cc1nsc(NS(=O)(=O)c2ccc(Cl)s2)c1C(=O)O. The highest BCUT2D eigenvalue weighted by atomic mass is 35.5. The Morgan fingerprint density at radius 1 is 1.47 bits per heavy atom. The van der Waals surface area contributed by atoms with Gasteiger partial charge in [-0.2, -0.15) is 4.37 Å². The van der Waals surface area contributed by atoms with Crippen LogP contribution in [0.25, 0.3) is 0 Å². The van der Waals surface area contributed by atoms with E-state index in [9.17, 15) is 13.2 Å². The number of halogens is 1. The highest BCUT2D eigenvalue weighted by Gasteiger charge is 2.24. The summed E-state index contributed by atoms with van der Waals surface area (Å²) in [5, 5.41) is 9.00.